The van der Waals surface area contributed by atoms with Crippen LogP contribution in [0.25, 0.3) is 10.8 Å². The molecule has 2 aromatic rings. The van der Waals surface area contributed by atoms with E-state index in [1.165, 1.54) is 0 Å². The number of nitrogens with one attached hydrogen (secondary N) is 1. The fourth-order valence-electron chi connectivity index (χ4n) is 1.84. The monoisotopic (exact) mass is 358 g/mol. The molecular weight excluding hydrogens is 344 g/mol. The van der Waals surface area contributed by atoms with Gasteiger partial charge < -0.3 is 4.74 Å². The summed E-state index contributed by atoms with van der Waals surface area (Å²) in [6.45, 7) is 0.694. The van der Waals surface area contributed by atoms with Crippen molar-refractivity contribution in [2.45, 2.75) is 9.72 Å². The van der Waals surface area contributed by atoms with Gasteiger partial charge in [-0.15, -0.1) is 0 Å². The molecule has 20 heavy (non-hydrogen) atoms. The Morgan fingerprint density at radius 2 is 2.20 bits per heavy atom. The number of sulfonamides is 1. The minimum atomic E-state index is -3.56. The molecule has 108 valence electrons. The van der Waals surface area contributed by atoms with E-state index in [1.54, 1.807) is 37.7 Å². The molecule has 1 heterocycles. The second-order valence-electron chi connectivity index (χ2n) is 4.26. The van der Waals surface area contributed by atoms with Crippen molar-refractivity contribution in [3.8, 4) is 0 Å². The normalized spacial score (nSPS) is 13.5. The maximum absolute atomic E-state index is 12.4. The average Bonchev–Trinajstić information content (AvgIpc) is 2.45. The summed E-state index contributed by atoms with van der Waals surface area (Å²) in [5.41, 5.74) is 0. The van der Waals surface area contributed by atoms with Crippen LogP contribution in [0, 0.1) is 0 Å². The highest BCUT2D eigenvalue weighted by Crippen LogP contribution is 2.21. The van der Waals surface area contributed by atoms with Crippen molar-refractivity contribution in [1.82, 2.24) is 9.71 Å². The van der Waals surface area contributed by atoms with Gasteiger partial charge in [-0.25, -0.2) is 13.1 Å². The Hall–Kier alpha value is -1.02. The lowest BCUT2D eigenvalue weighted by molar-refractivity contribution is 0.201. The van der Waals surface area contributed by atoms with Crippen LogP contribution >= 0.6 is 15.9 Å². The number of hydrogen-bond acceptors (Lipinski definition) is 4. The molecule has 0 aliphatic heterocycles. The predicted molar refractivity (Wildman–Crippen MR) is 81.5 cm³/mol. The van der Waals surface area contributed by atoms with Crippen LogP contribution in [0.15, 0.2) is 41.6 Å². The summed E-state index contributed by atoms with van der Waals surface area (Å²) >= 11 is 3.35. The van der Waals surface area contributed by atoms with Crippen molar-refractivity contribution in [1.29, 1.82) is 0 Å². The Kier molecular flexibility index (Phi) is 5.09. The number of rotatable bonds is 6. The van der Waals surface area contributed by atoms with Crippen LogP contribution in [0.1, 0.15) is 0 Å². The Morgan fingerprint density at radius 3 is 2.95 bits per heavy atom. The van der Waals surface area contributed by atoms with Gasteiger partial charge in [0.2, 0.25) is 10.0 Å². The molecule has 0 radical (unpaired) electrons. The number of halogens is 1. The Bertz CT molecular complexity index is 686. The first-order chi connectivity index (χ1) is 9.54. The van der Waals surface area contributed by atoms with Gasteiger partial charge >= 0.3 is 0 Å². The van der Waals surface area contributed by atoms with Gasteiger partial charge in [-0.2, -0.15) is 0 Å². The highest BCUT2D eigenvalue weighted by molar-refractivity contribution is 9.09. The third-order valence-corrected chi connectivity index (χ3v) is 4.84. The first-order valence-electron chi connectivity index (χ1n) is 6.00. The van der Waals surface area contributed by atoms with Crippen LogP contribution in [0.4, 0.5) is 0 Å². The van der Waals surface area contributed by atoms with Crippen molar-refractivity contribution in [2.75, 3.05) is 20.3 Å². The minimum absolute atomic E-state index is 0.0704. The van der Waals surface area contributed by atoms with E-state index in [1.807, 2.05) is 6.07 Å². The number of fused-ring (bicyclic) bond motifs is 1. The Balaban J connectivity index is 2.28. The number of ether oxygens (including phenoxy) is 1. The van der Waals surface area contributed by atoms with Crippen molar-refractivity contribution < 1.29 is 13.2 Å². The van der Waals surface area contributed by atoms with Crippen LogP contribution in [0.2, 0.25) is 0 Å². The molecule has 1 unspecified atom stereocenters. The zero-order valence-electron chi connectivity index (χ0n) is 10.9. The number of aromatic nitrogens is 1. The van der Waals surface area contributed by atoms with E-state index in [4.69, 9.17) is 4.74 Å². The molecule has 1 aromatic heterocycles. The summed E-state index contributed by atoms with van der Waals surface area (Å²) in [4.78, 5) is 4.18. The molecule has 7 heteroatoms. The summed E-state index contributed by atoms with van der Waals surface area (Å²) in [6.07, 6.45) is 3.23. The quantitative estimate of drug-likeness (QED) is 0.801. The molecule has 1 atom stereocenters. The maximum Gasteiger partial charge on any atom is 0.241 e. The van der Waals surface area contributed by atoms with Crippen LogP contribution < -0.4 is 4.72 Å². The number of nitrogens with zero attached hydrogens (tertiary/aromatic N) is 1. The molecule has 0 saturated carbocycles. The molecule has 2 rings (SSSR count). The molecular formula is C13H15BrN2O3S. The number of benzene rings is 1. The Morgan fingerprint density at radius 1 is 1.40 bits per heavy atom. The molecule has 0 saturated heterocycles. The SMILES string of the molecule is COCC(Br)CNS(=O)(=O)c1cccc2cnccc12. The summed E-state index contributed by atoms with van der Waals surface area (Å²) in [7, 11) is -1.99. The molecule has 0 amide bonds. The van der Waals surface area contributed by atoms with Crippen molar-refractivity contribution in [3.05, 3.63) is 36.7 Å². The van der Waals surface area contributed by atoms with E-state index in [0.29, 0.717) is 12.0 Å². The summed E-state index contributed by atoms with van der Waals surface area (Å²) in [6, 6.07) is 6.83. The minimum Gasteiger partial charge on any atom is -0.383 e. The van der Waals surface area contributed by atoms with Gasteiger partial charge in [0, 0.05) is 36.8 Å². The van der Waals surface area contributed by atoms with E-state index >= 15 is 0 Å². The number of pyridine rings is 1. The molecule has 0 aliphatic rings. The number of hydrogen-bond donors (Lipinski definition) is 1. The van der Waals surface area contributed by atoms with E-state index in [9.17, 15) is 8.42 Å². The standard InChI is InChI=1S/C13H15BrN2O3S/c1-19-9-11(14)8-16-20(17,18)13-4-2-3-10-7-15-6-5-12(10)13/h2-7,11,16H,8-9H2,1H3. The van der Waals surface area contributed by atoms with Gasteiger partial charge in [-0.05, 0) is 12.1 Å². The van der Waals surface area contributed by atoms with Crippen molar-refractivity contribution in [2.24, 2.45) is 0 Å². The summed E-state index contributed by atoms with van der Waals surface area (Å²) in [5, 5.41) is 1.45. The fourth-order valence-corrected chi connectivity index (χ4v) is 3.79. The first kappa shape index (κ1) is 15.4. The van der Waals surface area contributed by atoms with Gasteiger partial charge in [0.25, 0.3) is 0 Å². The molecule has 5 nitrogen and oxygen atoms in total. The molecule has 0 fully saturated rings. The molecule has 1 N–H and O–H groups in total. The zero-order chi connectivity index (χ0) is 14.6. The first-order valence-corrected chi connectivity index (χ1v) is 8.40. The van der Waals surface area contributed by atoms with E-state index < -0.39 is 10.0 Å². The highest BCUT2D eigenvalue weighted by Gasteiger charge is 2.18. The third kappa shape index (κ3) is 3.54. The third-order valence-electron chi connectivity index (χ3n) is 2.77. The van der Waals surface area contributed by atoms with Crippen molar-refractivity contribution >= 4 is 36.7 Å². The topological polar surface area (TPSA) is 68.3 Å². The molecule has 0 bridgehead atoms. The smallest absolute Gasteiger partial charge is 0.241 e. The second-order valence-corrected chi connectivity index (χ2v) is 7.29. The zero-order valence-corrected chi connectivity index (χ0v) is 13.3. The van der Waals surface area contributed by atoms with Crippen LogP contribution in [-0.4, -0.2) is 38.5 Å². The van der Waals surface area contributed by atoms with Gasteiger partial charge in [-0.1, -0.05) is 28.1 Å². The lowest BCUT2D eigenvalue weighted by Gasteiger charge is -2.12. The van der Waals surface area contributed by atoms with Gasteiger partial charge in [0.05, 0.1) is 16.3 Å². The maximum atomic E-state index is 12.4. The number of alkyl halides is 1. The van der Waals surface area contributed by atoms with E-state index in [0.717, 1.165) is 5.39 Å². The van der Waals surface area contributed by atoms with E-state index in [-0.39, 0.29) is 16.3 Å². The lowest BCUT2D eigenvalue weighted by Crippen LogP contribution is -2.31. The highest BCUT2D eigenvalue weighted by atomic mass is 79.9. The summed E-state index contributed by atoms with van der Waals surface area (Å²) < 4.78 is 32.3. The van der Waals surface area contributed by atoms with Gasteiger partial charge in [0.1, 0.15) is 0 Å². The van der Waals surface area contributed by atoms with Crippen LogP contribution in [0.5, 0.6) is 0 Å². The number of methoxy groups -OCH3 is 1. The molecule has 1 aromatic carbocycles. The molecule has 0 spiro atoms. The average molecular weight is 359 g/mol. The Labute approximate surface area is 126 Å². The largest absolute Gasteiger partial charge is 0.383 e. The molecule has 0 aliphatic carbocycles. The lowest BCUT2D eigenvalue weighted by atomic mass is 10.2. The van der Waals surface area contributed by atoms with Crippen LogP contribution in [-0.2, 0) is 14.8 Å². The summed E-state index contributed by atoms with van der Waals surface area (Å²) in [5.74, 6) is 0. The van der Waals surface area contributed by atoms with E-state index in [2.05, 4.69) is 25.6 Å². The van der Waals surface area contributed by atoms with Gasteiger partial charge in [-0.3, -0.25) is 4.98 Å². The van der Waals surface area contributed by atoms with Crippen LogP contribution in [0.3, 0.4) is 0 Å². The fraction of sp³-hybridized carbons (Fsp3) is 0.308. The van der Waals surface area contributed by atoms with Gasteiger partial charge in [0.15, 0.2) is 0 Å². The van der Waals surface area contributed by atoms with Crippen molar-refractivity contribution in [3.63, 3.8) is 0 Å². The second kappa shape index (κ2) is 6.62. The predicted octanol–water partition coefficient (Wildman–Crippen LogP) is 1.92.